The highest BCUT2D eigenvalue weighted by atomic mass is 19.2. The van der Waals surface area contributed by atoms with Crippen LogP contribution < -0.4 is 0 Å². The molecule has 150 valence electrons. The van der Waals surface area contributed by atoms with Crippen molar-refractivity contribution in [1.29, 1.82) is 0 Å². The largest absolute Gasteiger partial charge is 0.206 e. The molecule has 2 aromatic carbocycles. The van der Waals surface area contributed by atoms with E-state index in [2.05, 4.69) is 6.92 Å². The number of halogens is 5. The summed E-state index contributed by atoms with van der Waals surface area (Å²) in [5, 5.41) is 0. The van der Waals surface area contributed by atoms with Crippen LogP contribution in [-0.2, 0) is 6.42 Å². The Bertz CT molecular complexity index is 875. The van der Waals surface area contributed by atoms with Crippen LogP contribution in [-0.4, -0.2) is 0 Å². The first kappa shape index (κ1) is 20.6. The molecule has 0 nitrogen and oxygen atoms in total. The Morgan fingerprint density at radius 3 is 2.11 bits per heavy atom. The van der Waals surface area contributed by atoms with Crippen molar-refractivity contribution in [3.8, 4) is 11.1 Å². The Morgan fingerprint density at radius 2 is 1.43 bits per heavy atom. The van der Waals surface area contributed by atoms with Crippen LogP contribution in [0.25, 0.3) is 17.2 Å². The fraction of sp³-hybridized carbons (Fsp3) is 0.391. The summed E-state index contributed by atoms with van der Waals surface area (Å²) in [6, 6.07) is 2.43. The molecular weight excluding hydrogens is 371 g/mol. The Labute approximate surface area is 162 Å². The smallest absolute Gasteiger partial charge is 0.194 e. The van der Waals surface area contributed by atoms with Gasteiger partial charge in [0, 0.05) is 0 Å². The van der Waals surface area contributed by atoms with Crippen molar-refractivity contribution in [2.75, 3.05) is 0 Å². The third-order valence-electron chi connectivity index (χ3n) is 5.28. The zero-order valence-electron chi connectivity index (χ0n) is 15.9. The summed E-state index contributed by atoms with van der Waals surface area (Å²) in [4.78, 5) is 0. The van der Waals surface area contributed by atoms with Crippen LogP contribution in [0.15, 0.2) is 23.8 Å². The average Bonchev–Trinajstić information content (AvgIpc) is 2.65. The van der Waals surface area contributed by atoms with E-state index in [1.807, 2.05) is 6.08 Å². The molecule has 1 aliphatic rings. The first-order valence-corrected chi connectivity index (χ1v) is 9.77. The quantitative estimate of drug-likeness (QED) is 0.256. The van der Waals surface area contributed by atoms with Crippen LogP contribution in [0.2, 0.25) is 0 Å². The predicted octanol–water partition coefficient (Wildman–Crippen LogP) is 7.74. The van der Waals surface area contributed by atoms with Gasteiger partial charge in [-0.1, -0.05) is 44.3 Å². The molecule has 0 heterocycles. The van der Waals surface area contributed by atoms with Crippen LogP contribution in [0.4, 0.5) is 22.0 Å². The molecule has 1 aliphatic carbocycles. The summed E-state index contributed by atoms with van der Waals surface area (Å²) in [6.07, 6.45) is 9.58. The summed E-state index contributed by atoms with van der Waals surface area (Å²) in [6.45, 7) is 2.16. The molecule has 28 heavy (non-hydrogen) atoms. The van der Waals surface area contributed by atoms with E-state index in [1.165, 1.54) is 25.3 Å². The Morgan fingerprint density at radius 1 is 0.750 bits per heavy atom. The minimum absolute atomic E-state index is 0.330. The number of rotatable bonds is 7. The number of benzene rings is 2. The van der Waals surface area contributed by atoms with Crippen molar-refractivity contribution in [3.05, 3.63) is 64.0 Å². The van der Waals surface area contributed by atoms with Crippen LogP contribution in [0, 0.1) is 29.1 Å². The summed E-state index contributed by atoms with van der Waals surface area (Å²) in [5.41, 5.74) is 1.09. The maximum Gasteiger partial charge on any atom is 0.194 e. The molecule has 0 unspecified atom stereocenters. The van der Waals surface area contributed by atoms with Gasteiger partial charge in [0.05, 0.1) is 5.56 Å². The van der Waals surface area contributed by atoms with Gasteiger partial charge in [0.1, 0.15) is 11.6 Å². The zero-order valence-corrected chi connectivity index (χ0v) is 15.9. The van der Waals surface area contributed by atoms with E-state index in [9.17, 15) is 22.0 Å². The van der Waals surface area contributed by atoms with Gasteiger partial charge in [-0.3, -0.25) is 0 Å². The van der Waals surface area contributed by atoms with E-state index in [0.717, 1.165) is 24.8 Å². The van der Waals surface area contributed by atoms with E-state index >= 15 is 0 Å². The molecule has 3 rings (SSSR count). The Kier molecular flexibility index (Phi) is 6.53. The van der Waals surface area contributed by atoms with Crippen molar-refractivity contribution < 1.29 is 22.0 Å². The fourth-order valence-corrected chi connectivity index (χ4v) is 3.76. The first-order valence-electron chi connectivity index (χ1n) is 9.77. The van der Waals surface area contributed by atoms with Gasteiger partial charge in [-0.15, -0.1) is 0 Å². The molecule has 0 atom stereocenters. The van der Waals surface area contributed by atoms with Gasteiger partial charge in [-0.2, -0.15) is 0 Å². The Hall–Kier alpha value is -2.17. The maximum absolute atomic E-state index is 15.0. The molecule has 2 aromatic rings. The highest BCUT2D eigenvalue weighted by molar-refractivity contribution is 5.71. The van der Waals surface area contributed by atoms with Gasteiger partial charge < -0.3 is 0 Å². The SMILES string of the molecule is CCCCCCCC1=Cc2cc(F)c(-c3cc(F)c(F)c(F)c3)c(F)c2CC1. The molecule has 0 aromatic heterocycles. The molecule has 5 heteroatoms. The maximum atomic E-state index is 15.0. The van der Waals surface area contributed by atoms with Crippen LogP contribution >= 0.6 is 0 Å². The third-order valence-corrected chi connectivity index (χ3v) is 5.28. The summed E-state index contributed by atoms with van der Waals surface area (Å²) in [5.74, 6) is -6.36. The fourth-order valence-electron chi connectivity index (χ4n) is 3.76. The zero-order chi connectivity index (χ0) is 20.3. The lowest BCUT2D eigenvalue weighted by atomic mass is 9.87. The second-order valence-corrected chi connectivity index (χ2v) is 7.34. The van der Waals surface area contributed by atoms with E-state index in [4.69, 9.17) is 0 Å². The number of unbranched alkanes of at least 4 members (excludes halogenated alkanes) is 4. The molecule has 0 amide bonds. The van der Waals surface area contributed by atoms with E-state index in [1.54, 1.807) is 0 Å². The second kappa shape index (κ2) is 8.89. The average molecular weight is 394 g/mol. The van der Waals surface area contributed by atoms with E-state index in [0.29, 0.717) is 36.1 Å². The van der Waals surface area contributed by atoms with Gasteiger partial charge in [-0.05, 0) is 60.6 Å². The summed E-state index contributed by atoms with van der Waals surface area (Å²) in [7, 11) is 0. The highest BCUT2D eigenvalue weighted by Crippen LogP contribution is 2.36. The number of allylic oxidation sites excluding steroid dienone is 1. The second-order valence-electron chi connectivity index (χ2n) is 7.34. The van der Waals surface area contributed by atoms with Crippen molar-refractivity contribution in [1.82, 2.24) is 0 Å². The van der Waals surface area contributed by atoms with Crippen LogP contribution in [0.5, 0.6) is 0 Å². The monoisotopic (exact) mass is 394 g/mol. The molecule has 0 aliphatic heterocycles. The normalized spacial score (nSPS) is 13.4. The van der Waals surface area contributed by atoms with E-state index < -0.39 is 34.6 Å². The molecule has 0 spiro atoms. The highest BCUT2D eigenvalue weighted by Gasteiger charge is 2.23. The number of fused-ring (bicyclic) bond motifs is 1. The summed E-state index contributed by atoms with van der Waals surface area (Å²) < 4.78 is 69.8. The molecular formula is C23H23F5. The van der Waals surface area contributed by atoms with Gasteiger partial charge in [-0.25, -0.2) is 22.0 Å². The lowest BCUT2D eigenvalue weighted by molar-refractivity contribution is 0.447. The number of hydrogen-bond acceptors (Lipinski definition) is 0. The third kappa shape index (κ3) is 4.29. The Balaban J connectivity index is 1.88. The number of hydrogen-bond donors (Lipinski definition) is 0. The topological polar surface area (TPSA) is 0 Å². The molecule has 0 N–H and O–H groups in total. The first-order chi connectivity index (χ1) is 13.4. The van der Waals surface area contributed by atoms with Crippen LogP contribution in [0.1, 0.15) is 63.0 Å². The van der Waals surface area contributed by atoms with Crippen molar-refractivity contribution in [3.63, 3.8) is 0 Å². The minimum atomic E-state index is -1.66. The van der Waals surface area contributed by atoms with Crippen molar-refractivity contribution >= 4 is 6.08 Å². The molecule has 0 bridgehead atoms. The van der Waals surface area contributed by atoms with Gasteiger partial charge in [0.25, 0.3) is 0 Å². The van der Waals surface area contributed by atoms with Crippen molar-refractivity contribution in [2.45, 2.75) is 58.3 Å². The van der Waals surface area contributed by atoms with E-state index in [-0.39, 0.29) is 5.56 Å². The lowest BCUT2D eigenvalue weighted by Crippen LogP contribution is -2.07. The molecule has 0 radical (unpaired) electrons. The molecule has 0 fully saturated rings. The van der Waals surface area contributed by atoms with Crippen LogP contribution in [0.3, 0.4) is 0 Å². The van der Waals surface area contributed by atoms with Crippen molar-refractivity contribution in [2.24, 2.45) is 0 Å². The van der Waals surface area contributed by atoms with Gasteiger partial charge in [0.2, 0.25) is 0 Å². The minimum Gasteiger partial charge on any atom is -0.206 e. The molecule has 0 saturated heterocycles. The summed E-state index contributed by atoms with van der Waals surface area (Å²) >= 11 is 0. The standard InChI is InChI=1S/C23H23F5/c1-2-3-4-5-6-7-14-8-9-17-15(10-14)11-18(24)21(22(17)27)16-12-19(25)23(28)20(26)13-16/h10-13H,2-9H2,1H3. The molecule has 0 saturated carbocycles. The lowest BCUT2D eigenvalue weighted by Gasteiger charge is -2.20. The van der Waals surface area contributed by atoms with Gasteiger partial charge >= 0.3 is 0 Å². The van der Waals surface area contributed by atoms with Gasteiger partial charge in [0.15, 0.2) is 17.5 Å². The predicted molar refractivity (Wildman–Crippen MR) is 101 cm³/mol.